The molecule has 0 amide bonds. The Labute approximate surface area is 79.7 Å². The number of aromatic nitrogens is 1. The van der Waals surface area contributed by atoms with Gasteiger partial charge in [-0.3, -0.25) is 4.79 Å². The summed E-state index contributed by atoms with van der Waals surface area (Å²) in [5, 5.41) is 0. The molecule has 3 nitrogen and oxygen atoms in total. The van der Waals surface area contributed by atoms with Crippen molar-refractivity contribution >= 4 is 5.78 Å². The van der Waals surface area contributed by atoms with Crippen LogP contribution in [-0.2, 0) is 0 Å². The third kappa shape index (κ3) is 2.25. The molecule has 0 radical (unpaired) electrons. The first-order valence-electron chi connectivity index (χ1n) is 3.88. The maximum atomic E-state index is 12.6. The van der Waals surface area contributed by atoms with Gasteiger partial charge in [0.2, 0.25) is 11.7 Å². The molecule has 0 aromatic carbocycles. The molecule has 76 valence electrons. The highest BCUT2D eigenvalue weighted by molar-refractivity contribution is 6.00. The van der Waals surface area contributed by atoms with E-state index in [1.165, 1.54) is 19.2 Å². The number of Topliss-reactive ketones (excluding diaryl/α,β-unsaturated/α-hetero) is 1. The van der Waals surface area contributed by atoms with Gasteiger partial charge >= 0.3 is 5.92 Å². The number of rotatable bonds is 3. The zero-order valence-electron chi connectivity index (χ0n) is 7.75. The van der Waals surface area contributed by atoms with Crippen molar-refractivity contribution in [1.29, 1.82) is 0 Å². The molecule has 0 unspecified atom stereocenters. The van der Waals surface area contributed by atoms with E-state index in [9.17, 15) is 13.6 Å². The molecule has 0 atom stereocenters. The summed E-state index contributed by atoms with van der Waals surface area (Å²) in [4.78, 5) is 14.7. The highest BCUT2D eigenvalue weighted by Gasteiger charge is 2.33. The van der Waals surface area contributed by atoms with Gasteiger partial charge in [-0.2, -0.15) is 8.78 Å². The Morgan fingerprint density at radius 1 is 1.50 bits per heavy atom. The minimum Gasteiger partial charge on any atom is -0.481 e. The number of alkyl halides is 2. The minimum absolute atomic E-state index is 0.127. The summed E-state index contributed by atoms with van der Waals surface area (Å²) < 4.78 is 29.9. The molecule has 0 N–H and O–H groups in total. The summed E-state index contributed by atoms with van der Waals surface area (Å²) in [7, 11) is 1.40. The second-order valence-electron chi connectivity index (χ2n) is 2.81. The number of ketones is 1. The molecule has 1 heterocycles. The maximum Gasteiger partial charge on any atom is 0.307 e. The normalized spacial score (nSPS) is 11.1. The average Bonchev–Trinajstić information content (AvgIpc) is 2.15. The predicted molar refractivity (Wildman–Crippen MR) is 45.7 cm³/mol. The Bertz CT molecular complexity index is 330. The van der Waals surface area contributed by atoms with Crippen molar-refractivity contribution < 1.29 is 18.3 Å². The van der Waals surface area contributed by atoms with Gasteiger partial charge in [0.05, 0.1) is 7.11 Å². The van der Waals surface area contributed by atoms with Crippen LogP contribution < -0.4 is 4.74 Å². The SMILES string of the molecule is COc1ccc(C(=O)C(C)(F)F)cn1. The fraction of sp³-hybridized carbons (Fsp3) is 0.333. The monoisotopic (exact) mass is 201 g/mol. The molecule has 0 saturated carbocycles. The molecule has 0 aliphatic rings. The number of halogens is 2. The van der Waals surface area contributed by atoms with E-state index in [1.54, 1.807) is 0 Å². The number of nitrogens with zero attached hydrogens (tertiary/aromatic N) is 1. The largest absolute Gasteiger partial charge is 0.481 e. The smallest absolute Gasteiger partial charge is 0.307 e. The van der Waals surface area contributed by atoms with Crippen LogP contribution >= 0.6 is 0 Å². The molecule has 0 aliphatic heterocycles. The molecule has 1 aromatic rings. The van der Waals surface area contributed by atoms with Gasteiger partial charge in [-0.05, 0) is 6.07 Å². The quantitative estimate of drug-likeness (QED) is 0.701. The number of hydrogen-bond acceptors (Lipinski definition) is 3. The Kier molecular flexibility index (Phi) is 2.78. The average molecular weight is 201 g/mol. The molecule has 1 rings (SSSR count). The Hall–Kier alpha value is -1.52. The highest BCUT2D eigenvalue weighted by Crippen LogP contribution is 2.19. The van der Waals surface area contributed by atoms with Crippen molar-refractivity contribution in [3.63, 3.8) is 0 Å². The van der Waals surface area contributed by atoms with Gasteiger partial charge in [0.25, 0.3) is 0 Å². The molecular weight excluding hydrogens is 192 g/mol. The van der Waals surface area contributed by atoms with Crippen LogP contribution in [0.2, 0.25) is 0 Å². The molecule has 14 heavy (non-hydrogen) atoms. The van der Waals surface area contributed by atoms with E-state index in [4.69, 9.17) is 4.74 Å². The van der Waals surface area contributed by atoms with Gasteiger partial charge in [0, 0.05) is 24.8 Å². The van der Waals surface area contributed by atoms with E-state index < -0.39 is 11.7 Å². The lowest BCUT2D eigenvalue weighted by atomic mass is 10.1. The van der Waals surface area contributed by atoms with Crippen molar-refractivity contribution in [2.24, 2.45) is 0 Å². The number of methoxy groups -OCH3 is 1. The van der Waals surface area contributed by atoms with E-state index in [0.717, 1.165) is 6.20 Å². The molecule has 5 heteroatoms. The zero-order valence-corrected chi connectivity index (χ0v) is 7.75. The van der Waals surface area contributed by atoms with Gasteiger partial charge in [0.15, 0.2) is 0 Å². The number of carbonyl (C=O) groups is 1. The standard InChI is InChI=1S/C9H9F2NO2/c1-9(10,11)8(13)6-3-4-7(14-2)12-5-6/h3-5H,1-2H3. The molecule has 0 saturated heterocycles. The lowest BCUT2D eigenvalue weighted by molar-refractivity contribution is 0.0221. The van der Waals surface area contributed by atoms with Gasteiger partial charge in [-0.15, -0.1) is 0 Å². The molecule has 0 aliphatic carbocycles. The van der Waals surface area contributed by atoms with Gasteiger partial charge in [-0.1, -0.05) is 0 Å². The molecular formula is C9H9F2NO2. The lowest BCUT2D eigenvalue weighted by Gasteiger charge is -2.08. The first-order valence-corrected chi connectivity index (χ1v) is 3.88. The van der Waals surface area contributed by atoms with Crippen molar-refractivity contribution in [3.8, 4) is 5.88 Å². The lowest BCUT2D eigenvalue weighted by Crippen LogP contribution is -2.24. The second-order valence-corrected chi connectivity index (χ2v) is 2.81. The van der Waals surface area contributed by atoms with Gasteiger partial charge in [-0.25, -0.2) is 4.98 Å². The van der Waals surface area contributed by atoms with Crippen molar-refractivity contribution in [2.45, 2.75) is 12.8 Å². The summed E-state index contributed by atoms with van der Waals surface area (Å²) in [6.45, 7) is 0.555. The van der Waals surface area contributed by atoms with Crippen molar-refractivity contribution in [2.75, 3.05) is 7.11 Å². The van der Waals surface area contributed by atoms with Gasteiger partial charge < -0.3 is 4.74 Å². The Balaban J connectivity index is 2.93. The van der Waals surface area contributed by atoms with E-state index in [0.29, 0.717) is 6.92 Å². The summed E-state index contributed by atoms with van der Waals surface area (Å²) in [6, 6.07) is 2.62. The van der Waals surface area contributed by atoms with Crippen LogP contribution in [0, 0.1) is 0 Å². The van der Waals surface area contributed by atoms with E-state index in [1.807, 2.05) is 0 Å². The second kappa shape index (κ2) is 3.69. The van der Waals surface area contributed by atoms with Crippen LogP contribution in [0.5, 0.6) is 5.88 Å². The highest BCUT2D eigenvalue weighted by atomic mass is 19.3. The van der Waals surface area contributed by atoms with E-state index in [2.05, 4.69) is 4.98 Å². The van der Waals surface area contributed by atoms with Crippen LogP contribution in [0.3, 0.4) is 0 Å². The predicted octanol–water partition coefficient (Wildman–Crippen LogP) is 1.93. The maximum absolute atomic E-state index is 12.6. The molecule has 1 aromatic heterocycles. The first-order chi connectivity index (χ1) is 6.45. The number of pyridine rings is 1. The van der Waals surface area contributed by atoms with Crippen LogP contribution in [0.25, 0.3) is 0 Å². The first kappa shape index (κ1) is 10.6. The van der Waals surface area contributed by atoms with Gasteiger partial charge in [0.1, 0.15) is 0 Å². The fourth-order valence-corrected chi connectivity index (χ4v) is 0.889. The minimum atomic E-state index is -3.36. The summed E-state index contributed by atoms with van der Waals surface area (Å²) in [5.41, 5.74) is -0.127. The van der Waals surface area contributed by atoms with Crippen molar-refractivity contribution in [1.82, 2.24) is 4.98 Å². The van der Waals surface area contributed by atoms with E-state index >= 15 is 0 Å². The van der Waals surface area contributed by atoms with Crippen molar-refractivity contribution in [3.05, 3.63) is 23.9 Å². The Morgan fingerprint density at radius 3 is 2.50 bits per heavy atom. The third-order valence-corrected chi connectivity index (χ3v) is 1.61. The molecule has 0 fully saturated rings. The number of hydrogen-bond donors (Lipinski definition) is 0. The number of ether oxygens (including phenoxy) is 1. The summed E-state index contributed by atoms with van der Waals surface area (Å²) in [5.74, 6) is -4.33. The third-order valence-electron chi connectivity index (χ3n) is 1.61. The van der Waals surface area contributed by atoms with Crippen LogP contribution in [-0.4, -0.2) is 23.8 Å². The zero-order chi connectivity index (χ0) is 10.8. The van der Waals surface area contributed by atoms with Crippen LogP contribution in [0.1, 0.15) is 17.3 Å². The molecule has 0 spiro atoms. The fourth-order valence-electron chi connectivity index (χ4n) is 0.889. The van der Waals surface area contributed by atoms with Crippen LogP contribution in [0.15, 0.2) is 18.3 Å². The summed E-state index contributed by atoms with van der Waals surface area (Å²) >= 11 is 0. The van der Waals surface area contributed by atoms with Crippen LogP contribution in [0.4, 0.5) is 8.78 Å². The topological polar surface area (TPSA) is 39.2 Å². The number of carbonyl (C=O) groups excluding carboxylic acids is 1. The Morgan fingerprint density at radius 2 is 2.14 bits per heavy atom. The molecule has 0 bridgehead atoms. The summed E-state index contributed by atoms with van der Waals surface area (Å²) in [6.07, 6.45) is 1.07. The van der Waals surface area contributed by atoms with E-state index in [-0.39, 0.29) is 11.4 Å².